The molecular weight excluding hydrogens is 274 g/mol. The molecule has 0 aliphatic heterocycles. The lowest BCUT2D eigenvalue weighted by Gasteiger charge is -2.35. The van der Waals surface area contributed by atoms with Crippen molar-refractivity contribution in [2.45, 2.75) is 52.5 Å². The minimum Gasteiger partial charge on any atom is -0.381 e. The lowest BCUT2D eigenvalue weighted by atomic mass is 9.75. The number of halogens is 1. The van der Waals surface area contributed by atoms with Gasteiger partial charge in [-0.3, -0.25) is 0 Å². The van der Waals surface area contributed by atoms with E-state index in [2.05, 4.69) is 60.2 Å². The highest BCUT2D eigenvalue weighted by Crippen LogP contribution is 2.36. The molecule has 17 heavy (non-hydrogen) atoms. The Morgan fingerprint density at radius 2 is 1.88 bits per heavy atom. The van der Waals surface area contributed by atoms with Crippen LogP contribution in [-0.4, -0.2) is 6.04 Å². The van der Waals surface area contributed by atoms with Gasteiger partial charge in [-0.1, -0.05) is 19.9 Å². The summed E-state index contributed by atoms with van der Waals surface area (Å²) in [5.74, 6) is 0. The molecule has 1 aromatic rings. The van der Waals surface area contributed by atoms with Gasteiger partial charge in [0.1, 0.15) is 0 Å². The molecule has 1 saturated carbocycles. The van der Waals surface area contributed by atoms with Gasteiger partial charge in [-0.25, -0.2) is 0 Å². The lowest BCUT2D eigenvalue weighted by molar-refractivity contribution is 0.232. The molecule has 1 fully saturated rings. The monoisotopic (exact) mass is 295 g/mol. The van der Waals surface area contributed by atoms with Crippen LogP contribution >= 0.6 is 15.9 Å². The predicted molar refractivity (Wildman–Crippen MR) is 78.5 cm³/mol. The highest BCUT2D eigenvalue weighted by Gasteiger charge is 2.26. The fourth-order valence-electron chi connectivity index (χ4n) is 2.51. The molecule has 0 heterocycles. The summed E-state index contributed by atoms with van der Waals surface area (Å²) in [6.45, 7) is 6.90. The standard InChI is InChI=1S/C15H22BrN/c1-11-4-5-13(16)14(10-11)17-12-6-8-15(2,3)9-7-12/h4-5,10,12,17H,6-9H2,1-3H3. The summed E-state index contributed by atoms with van der Waals surface area (Å²) in [7, 11) is 0. The number of rotatable bonds is 2. The minimum atomic E-state index is 0.544. The van der Waals surface area contributed by atoms with Gasteiger partial charge < -0.3 is 5.32 Å². The molecule has 0 saturated heterocycles. The van der Waals surface area contributed by atoms with Crippen molar-refractivity contribution in [3.8, 4) is 0 Å². The molecule has 1 nitrogen and oxygen atoms in total. The SMILES string of the molecule is Cc1ccc(Br)c(NC2CCC(C)(C)CC2)c1. The van der Waals surface area contributed by atoms with E-state index < -0.39 is 0 Å². The summed E-state index contributed by atoms with van der Waals surface area (Å²) in [4.78, 5) is 0. The quantitative estimate of drug-likeness (QED) is 0.797. The fraction of sp³-hybridized carbons (Fsp3) is 0.600. The first-order chi connectivity index (χ1) is 7.96. The van der Waals surface area contributed by atoms with E-state index in [9.17, 15) is 0 Å². The second-order valence-electron chi connectivity index (χ2n) is 6.07. The third-order valence-electron chi connectivity index (χ3n) is 3.82. The Balaban J connectivity index is 2.00. The number of benzene rings is 1. The molecule has 1 aliphatic carbocycles. The van der Waals surface area contributed by atoms with Crippen molar-refractivity contribution in [3.05, 3.63) is 28.2 Å². The van der Waals surface area contributed by atoms with Crippen LogP contribution in [0.1, 0.15) is 45.1 Å². The fourth-order valence-corrected chi connectivity index (χ4v) is 2.87. The Morgan fingerprint density at radius 1 is 1.24 bits per heavy atom. The molecule has 0 aromatic heterocycles. The minimum absolute atomic E-state index is 0.544. The molecule has 1 aliphatic rings. The predicted octanol–water partition coefficient (Wildman–Crippen LogP) is 5.14. The normalized spacial score (nSPS) is 20.2. The molecule has 1 aromatic carbocycles. The molecule has 0 radical (unpaired) electrons. The van der Waals surface area contributed by atoms with Crippen LogP contribution in [0.3, 0.4) is 0 Å². The van der Waals surface area contributed by atoms with E-state index in [-0.39, 0.29) is 0 Å². The molecule has 0 atom stereocenters. The Labute approximate surface area is 113 Å². The summed E-state index contributed by atoms with van der Waals surface area (Å²) < 4.78 is 1.17. The average molecular weight is 296 g/mol. The number of aryl methyl sites for hydroxylation is 1. The van der Waals surface area contributed by atoms with Crippen molar-refractivity contribution < 1.29 is 0 Å². The van der Waals surface area contributed by atoms with Crippen molar-refractivity contribution >= 4 is 21.6 Å². The molecule has 94 valence electrons. The van der Waals surface area contributed by atoms with Crippen LogP contribution in [0.25, 0.3) is 0 Å². The van der Waals surface area contributed by atoms with E-state index in [1.807, 2.05) is 0 Å². The van der Waals surface area contributed by atoms with Crippen molar-refractivity contribution in [2.75, 3.05) is 5.32 Å². The molecule has 0 spiro atoms. The van der Waals surface area contributed by atoms with Gasteiger partial charge in [-0.15, -0.1) is 0 Å². The van der Waals surface area contributed by atoms with Crippen molar-refractivity contribution in [1.29, 1.82) is 0 Å². The van der Waals surface area contributed by atoms with E-state index in [0.29, 0.717) is 11.5 Å². The average Bonchev–Trinajstić information content (AvgIpc) is 2.26. The Kier molecular flexibility index (Phi) is 3.82. The molecule has 0 unspecified atom stereocenters. The van der Waals surface area contributed by atoms with Crippen LogP contribution < -0.4 is 5.32 Å². The van der Waals surface area contributed by atoms with Crippen molar-refractivity contribution in [1.82, 2.24) is 0 Å². The highest BCUT2D eigenvalue weighted by molar-refractivity contribution is 9.10. The molecule has 0 amide bonds. The van der Waals surface area contributed by atoms with Crippen LogP contribution in [-0.2, 0) is 0 Å². The van der Waals surface area contributed by atoms with Gasteiger partial charge in [0.05, 0.1) is 0 Å². The number of nitrogens with one attached hydrogen (secondary N) is 1. The van der Waals surface area contributed by atoms with Crippen LogP contribution in [0.5, 0.6) is 0 Å². The molecule has 2 heteroatoms. The second kappa shape index (κ2) is 5.01. The smallest absolute Gasteiger partial charge is 0.0489 e. The maximum atomic E-state index is 3.68. The lowest BCUT2D eigenvalue weighted by Crippen LogP contribution is -2.29. The first-order valence-electron chi connectivity index (χ1n) is 6.49. The summed E-state index contributed by atoms with van der Waals surface area (Å²) in [5.41, 5.74) is 3.10. The van der Waals surface area contributed by atoms with E-state index in [0.717, 1.165) is 0 Å². The van der Waals surface area contributed by atoms with Gasteiger partial charge in [-0.2, -0.15) is 0 Å². The molecule has 0 bridgehead atoms. The molecule has 2 rings (SSSR count). The van der Waals surface area contributed by atoms with Crippen LogP contribution in [0.4, 0.5) is 5.69 Å². The number of hydrogen-bond acceptors (Lipinski definition) is 1. The van der Waals surface area contributed by atoms with E-state index in [4.69, 9.17) is 0 Å². The van der Waals surface area contributed by atoms with Crippen molar-refractivity contribution in [2.24, 2.45) is 5.41 Å². The van der Waals surface area contributed by atoms with Crippen LogP contribution in [0.15, 0.2) is 22.7 Å². The second-order valence-corrected chi connectivity index (χ2v) is 6.92. The first kappa shape index (κ1) is 12.9. The molecular formula is C15H22BrN. The zero-order valence-electron chi connectivity index (χ0n) is 11.0. The summed E-state index contributed by atoms with van der Waals surface area (Å²) in [5, 5.41) is 3.68. The zero-order valence-corrected chi connectivity index (χ0v) is 12.6. The summed E-state index contributed by atoms with van der Waals surface area (Å²) in [6.07, 6.45) is 5.23. The van der Waals surface area contributed by atoms with Gasteiger partial charge in [0.15, 0.2) is 0 Å². The number of hydrogen-bond donors (Lipinski definition) is 1. The van der Waals surface area contributed by atoms with Gasteiger partial charge >= 0.3 is 0 Å². The van der Waals surface area contributed by atoms with Gasteiger partial charge in [0, 0.05) is 16.2 Å². The topological polar surface area (TPSA) is 12.0 Å². The molecule has 1 N–H and O–H groups in total. The van der Waals surface area contributed by atoms with Crippen LogP contribution in [0.2, 0.25) is 0 Å². The van der Waals surface area contributed by atoms with E-state index >= 15 is 0 Å². The van der Waals surface area contributed by atoms with Crippen molar-refractivity contribution in [3.63, 3.8) is 0 Å². The Morgan fingerprint density at radius 3 is 2.53 bits per heavy atom. The van der Waals surface area contributed by atoms with E-state index in [1.54, 1.807) is 0 Å². The number of anilines is 1. The largest absolute Gasteiger partial charge is 0.381 e. The van der Waals surface area contributed by atoms with E-state index in [1.165, 1.54) is 41.4 Å². The van der Waals surface area contributed by atoms with Gasteiger partial charge in [0.2, 0.25) is 0 Å². The first-order valence-corrected chi connectivity index (χ1v) is 7.28. The van der Waals surface area contributed by atoms with Gasteiger partial charge in [0.25, 0.3) is 0 Å². The summed E-state index contributed by atoms with van der Waals surface area (Å²) >= 11 is 3.62. The third-order valence-corrected chi connectivity index (χ3v) is 4.51. The maximum absolute atomic E-state index is 3.68. The Hall–Kier alpha value is -0.500. The highest BCUT2D eigenvalue weighted by atomic mass is 79.9. The Bertz CT molecular complexity index is 388. The third kappa shape index (κ3) is 3.48. The maximum Gasteiger partial charge on any atom is 0.0489 e. The summed E-state index contributed by atoms with van der Waals surface area (Å²) in [6, 6.07) is 7.13. The van der Waals surface area contributed by atoms with Gasteiger partial charge in [-0.05, 0) is 71.6 Å². The zero-order chi connectivity index (χ0) is 12.5. The van der Waals surface area contributed by atoms with Crippen LogP contribution in [0, 0.1) is 12.3 Å².